The quantitative estimate of drug-likeness (QED) is 0.500. The Morgan fingerprint density at radius 1 is 1.26 bits per heavy atom. The Morgan fingerprint density at radius 2 is 2.00 bits per heavy atom. The van der Waals surface area contributed by atoms with Crippen molar-refractivity contribution in [2.24, 2.45) is 4.99 Å². The third kappa shape index (κ3) is 7.38. The van der Waals surface area contributed by atoms with Crippen molar-refractivity contribution >= 4 is 15.8 Å². The summed E-state index contributed by atoms with van der Waals surface area (Å²) in [4.78, 5) is 6.76. The van der Waals surface area contributed by atoms with Crippen LogP contribution in [0.2, 0.25) is 0 Å². The summed E-state index contributed by atoms with van der Waals surface area (Å²) in [7, 11) is -1.13. The van der Waals surface area contributed by atoms with Gasteiger partial charge < -0.3 is 15.4 Å². The zero-order valence-electron chi connectivity index (χ0n) is 16.6. The van der Waals surface area contributed by atoms with Crippen molar-refractivity contribution in [2.75, 3.05) is 57.9 Å². The molecule has 27 heavy (non-hydrogen) atoms. The van der Waals surface area contributed by atoms with E-state index in [1.165, 1.54) is 5.56 Å². The van der Waals surface area contributed by atoms with Gasteiger partial charge in [0.15, 0.2) is 15.8 Å². The lowest BCUT2D eigenvalue weighted by molar-refractivity contribution is 0.304. The summed E-state index contributed by atoms with van der Waals surface area (Å²) in [5, 5.41) is 6.61. The number of nitrogens with one attached hydrogen (secondary N) is 2. The van der Waals surface area contributed by atoms with Crippen LogP contribution < -0.4 is 15.4 Å². The van der Waals surface area contributed by atoms with Crippen LogP contribution in [0.3, 0.4) is 0 Å². The number of sulfone groups is 1. The first kappa shape index (κ1) is 21.5. The van der Waals surface area contributed by atoms with Gasteiger partial charge in [0.05, 0.1) is 25.2 Å². The topological polar surface area (TPSA) is 83.0 Å². The second-order valence-electron chi connectivity index (χ2n) is 6.73. The molecule has 0 atom stereocenters. The molecule has 0 aromatic heterocycles. The molecule has 1 heterocycles. The molecule has 1 aromatic rings. The SMILES string of the molecule is CCNC(=NCCN1CCS(=O)(=O)CC1)NCCc1ccc(C)c(OC)c1. The molecule has 8 heteroatoms. The first-order chi connectivity index (χ1) is 12.9. The average molecular weight is 397 g/mol. The van der Waals surface area contributed by atoms with Crippen LogP contribution in [-0.2, 0) is 16.3 Å². The standard InChI is InChI=1S/C19H32N4O3S/c1-4-20-19(22-9-10-23-11-13-27(24,25)14-12-23)21-8-7-17-6-5-16(2)18(15-17)26-3/h5-6,15H,4,7-14H2,1-3H3,(H2,20,21,22). The minimum atomic E-state index is -2.82. The summed E-state index contributed by atoms with van der Waals surface area (Å²) in [6.07, 6.45) is 0.880. The van der Waals surface area contributed by atoms with Gasteiger partial charge in [-0.1, -0.05) is 12.1 Å². The Balaban J connectivity index is 1.78. The molecule has 0 spiro atoms. The minimum Gasteiger partial charge on any atom is -0.496 e. The van der Waals surface area contributed by atoms with Crippen LogP contribution in [-0.4, -0.2) is 77.2 Å². The summed E-state index contributed by atoms with van der Waals surface area (Å²) < 4.78 is 28.3. The van der Waals surface area contributed by atoms with E-state index in [1.807, 2.05) is 13.8 Å². The van der Waals surface area contributed by atoms with Crippen LogP contribution in [0.5, 0.6) is 5.75 Å². The number of nitrogens with zero attached hydrogens (tertiary/aromatic N) is 2. The third-order valence-electron chi connectivity index (χ3n) is 4.65. The van der Waals surface area contributed by atoms with Crippen molar-refractivity contribution in [2.45, 2.75) is 20.3 Å². The number of guanidine groups is 1. The maximum Gasteiger partial charge on any atom is 0.191 e. The summed E-state index contributed by atoms with van der Waals surface area (Å²) in [5.41, 5.74) is 2.35. The second-order valence-corrected chi connectivity index (χ2v) is 9.04. The molecule has 1 aliphatic heterocycles. The van der Waals surface area contributed by atoms with E-state index < -0.39 is 9.84 Å². The Bertz CT molecular complexity index is 720. The number of ether oxygens (including phenoxy) is 1. The van der Waals surface area contributed by atoms with E-state index in [1.54, 1.807) is 7.11 Å². The van der Waals surface area contributed by atoms with Gasteiger partial charge in [0.1, 0.15) is 5.75 Å². The van der Waals surface area contributed by atoms with E-state index in [0.717, 1.165) is 43.3 Å². The predicted molar refractivity (Wildman–Crippen MR) is 111 cm³/mol. The molecule has 2 N–H and O–H groups in total. The number of hydrogen-bond donors (Lipinski definition) is 2. The average Bonchev–Trinajstić information content (AvgIpc) is 2.64. The lowest BCUT2D eigenvalue weighted by Crippen LogP contribution is -2.42. The number of benzene rings is 1. The second kappa shape index (κ2) is 10.5. The minimum absolute atomic E-state index is 0.259. The maximum atomic E-state index is 11.5. The molecule has 7 nitrogen and oxygen atoms in total. The van der Waals surface area contributed by atoms with Crippen LogP contribution in [0.4, 0.5) is 0 Å². The number of aliphatic imine (C=N–C) groups is 1. The fourth-order valence-electron chi connectivity index (χ4n) is 2.96. The number of hydrogen-bond acceptors (Lipinski definition) is 5. The molecule has 1 fully saturated rings. The first-order valence-electron chi connectivity index (χ1n) is 9.52. The molecule has 0 saturated carbocycles. The van der Waals surface area contributed by atoms with Crippen LogP contribution in [0.15, 0.2) is 23.2 Å². The van der Waals surface area contributed by atoms with E-state index in [-0.39, 0.29) is 11.5 Å². The van der Waals surface area contributed by atoms with Crippen molar-refractivity contribution in [1.82, 2.24) is 15.5 Å². The maximum absolute atomic E-state index is 11.5. The van der Waals surface area contributed by atoms with Gasteiger partial charge in [-0.05, 0) is 37.5 Å². The van der Waals surface area contributed by atoms with Gasteiger partial charge in [-0.25, -0.2) is 8.42 Å². The molecule has 0 bridgehead atoms. The Morgan fingerprint density at radius 3 is 2.67 bits per heavy atom. The van der Waals surface area contributed by atoms with E-state index in [4.69, 9.17) is 4.74 Å². The Labute approximate surface area is 163 Å². The Hall–Kier alpha value is -1.80. The zero-order valence-corrected chi connectivity index (χ0v) is 17.4. The summed E-state index contributed by atoms with van der Waals surface area (Å²) in [6.45, 7) is 8.29. The van der Waals surface area contributed by atoms with Gasteiger partial charge in [0, 0.05) is 32.7 Å². The fraction of sp³-hybridized carbons (Fsp3) is 0.632. The van der Waals surface area contributed by atoms with Crippen LogP contribution in [0.1, 0.15) is 18.1 Å². The molecule has 0 unspecified atom stereocenters. The van der Waals surface area contributed by atoms with Crippen molar-refractivity contribution in [3.05, 3.63) is 29.3 Å². The predicted octanol–water partition coefficient (Wildman–Crippen LogP) is 0.832. The van der Waals surface area contributed by atoms with E-state index >= 15 is 0 Å². The van der Waals surface area contributed by atoms with Crippen LogP contribution >= 0.6 is 0 Å². The highest BCUT2D eigenvalue weighted by Crippen LogP contribution is 2.18. The highest BCUT2D eigenvalue weighted by atomic mass is 32.2. The van der Waals surface area contributed by atoms with Gasteiger partial charge in [-0.3, -0.25) is 9.89 Å². The number of aryl methyl sites for hydroxylation is 1. The first-order valence-corrected chi connectivity index (χ1v) is 11.3. The molecule has 1 aliphatic rings. The molecule has 152 valence electrons. The van der Waals surface area contributed by atoms with Gasteiger partial charge in [0.25, 0.3) is 0 Å². The Kier molecular flexibility index (Phi) is 8.37. The molecule has 1 saturated heterocycles. The van der Waals surface area contributed by atoms with E-state index in [2.05, 4.69) is 38.7 Å². The monoisotopic (exact) mass is 396 g/mol. The van der Waals surface area contributed by atoms with Crippen molar-refractivity contribution in [3.8, 4) is 5.75 Å². The smallest absolute Gasteiger partial charge is 0.191 e. The van der Waals surface area contributed by atoms with Crippen molar-refractivity contribution < 1.29 is 13.2 Å². The van der Waals surface area contributed by atoms with Crippen molar-refractivity contribution in [1.29, 1.82) is 0 Å². The van der Waals surface area contributed by atoms with Crippen LogP contribution in [0.25, 0.3) is 0 Å². The van der Waals surface area contributed by atoms with Gasteiger partial charge >= 0.3 is 0 Å². The summed E-state index contributed by atoms with van der Waals surface area (Å²) in [5.74, 6) is 2.22. The molecule has 2 rings (SSSR count). The lowest BCUT2D eigenvalue weighted by atomic mass is 10.1. The molecule has 0 amide bonds. The molecular formula is C19H32N4O3S. The molecule has 0 radical (unpaired) electrons. The molecule has 0 aliphatic carbocycles. The van der Waals surface area contributed by atoms with Crippen LogP contribution in [0, 0.1) is 6.92 Å². The summed E-state index contributed by atoms with van der Waals surface area (Å²) >= 11 is 0. The lowest BCUT2D eigenvalue weighted by Gasteiger charge is -2.25. The van der Waals surface area contributed by atoms with Gasteiger partial charge in [-0.2, -0.15) is 0 Å². The summed E-state index contributed by atoms with van der Waals surface area (Å²) in [6, 6.07) is 6.27. The van der Waals surface area contributed by atoms with E-state index in [9.17, 15) is 8.42 Å². The zero-order chi connectivity index (χ0) is 19.7. The fourth-order valence-corrected chi connectivity index (χ4v) is 4.24. The van der Waals surface area contributed by atoms with E-state index in [0.29, 0.717) is 19.6 Å². The highest BCUT2D eigenvalue weighted by molar-refractivity contribution is 7.91. The number of methoxy groups -OCH3 is 1. The van der Waals surface area contributed by atoms with Gasteiger partial charge in [-0.15, -0.1) is 0 Å². The molecular weight excluding hydrogens is 364 g/mol. The largest absolute Gasteiger partial charge is 0.496 e. The van der Waals surface area contributed by atoms with Gasteiger partial charge in [0.2, 0.25) is 0 Å². The third-order valence-corrected chi connectivity index (χ3v) is 6.26. The highest BCUT2D eigenvalue weighted by Gasteiger charge is 2.20. The van der Waals surface area contributed by atoms with Crippen molar-refractivity contribution in [3.63, 3.8) is 0 Å². The molecule has 1 aromatic carbocycles. The number of rotatable bonds is 8. The normalized spacial score (nSPS) is 17.5.